The first-order valence-corrected chi connectivity index (χ1v) is 9.55. The standard InChI is InChI=1S/C20H30O12/c1-10(21)28-14(16(24)25)15(29-11(2)22)18(27)30-12(17(26)32-20(6,7)8)9-13(23)31-19(3,4)5/h12,14-15H,9H2,1-8H3,(H,24,25)/t12-,14-,15-/m1/s1. The number of carboxylic acids is 1. The summed E-state index contributed by atoms with van der Waals surface area (Å²) in [6, 6.07) is 0. The smallest absolute Gasteiger partial charge is 0.352 e. The molecule has 12 heteroatoms. The second-order valence-corrected chi connectivity index (χ2v) is 8.65. The van der Waals surface area contributed by atoms with E-state index in [1.54, 1.807) is 20.8 Å². The predicted octanol–water partition coefficient (Wildman–Crippen LogP) is 0.920. The first-order chi connectivity index (χ1) is 14.3. The number of rotatable bonds is 9. The van der Waals surface area contributed by atoms with Crippen molar-refractivity contribution in [1.29, 1.82) is 0 Å². The largest absolute Gasteiger partial charge is 0.478 e. The van der Waals surface area contributed by atoms with Crippen LogP contribution in [0.25, 0.3) is 0 Å². The summed E-state index contributed by atoms with van der Waals surface area (Å²) >= 11 is 0. The van der Waals surface area contributed by atoms with Crippen LogP contribution in [0.4, 0.5) is 0 Å². The van der Waals surface area contributed by atoms with Gasteiger partial charge in [0.25, 0.3) is 0 Å². The van der Waals surface area contributed by atoms with Crippen molar-refractivity contribution >= 4 is 35.8 Å². The van der Waals surface area contributed by atoms with Crippen molar-refractivity contribution in [2.24, 2.45) is 0 Å². The Morgan fingerprint density at radius 3 is 1.50 bits per heavy atom. The highest BCUT2D eigenvalue weighted by Gasteiger charge is 2.43. The van der Waals surface area contributed by atoms with Gasteiger partial charge in [-0.05, 0) is 41.5 Å². The minimum Gasteiger partial charge on any atom is -0.478 e. The van der Waals surface area contributed by atoms with E-state index in [1.807, 2.05) is 0 Å². The number of carbonyl (C=O) groups is 6. The third kappa shape index (κ3) is 11.9. The van der Waals surface area contributed by atoms with Crippen molar-refractivity contribution in [3.63, 3.8) is 0 Å². The van der Waals surface area contributed by atoms with Crippen LogP contribution in [0.3, 0.4) is 0 Å². The lowest BCUT2D eigenvalue weighted by molar-refractivity contribution is -0.196. The highest BCUT2D eigenvalue weighted by atomic mass is 16.6. The van der Waals surface area contributed by atoms with Crippen LogP contribution < -0.4 is 0 Å². The molecule has 0 aromatic heterocycles. The first-order valence-electron chi connectivity index (χ1n) is 9.55. The normalized spacial score (nSPS) is 14.2. The highest BCUT2D eigenvalue weighted by molar-refractivity contribution is 5.90. The average Bonchev–Trinajstić information content (AvgIpc) is 2.53. The summed E-state index contributed by atoms with van der Waals surface area (Å²) in [4.78, 5) is 71.4. The maximum absolute atomic E-state index is 12.6. The lowest BCUT2D eigenvalue weighted by atomic mass is 10.1. The fraction of sp³-hybridized carbons (Fsp3) is 0.700. The number of hydrogen-bond donors (Lipinski definition) is 1. The summed E-state index contributed by atoms with van der Waals surface area (Å²) < 4.78 is 24.4. The molecule has 0 spiro atoms. The lowest BCUT2D eigenvalue weighted by Gasteiger charge is -2.27. The minimum absolute atomic E-state index is 0.768. The van der Waals surface area contributed by atoms with Gasteiger partial charge in [0.15, 0.2) is 0 Å². The van der Waals surface area contributed by atoms with Crippen LogP contribution in [0.1, 0.15) is 61.8 Å². The Kier molecular flexibility index (Phi) is 10.3. The molecule has 0 rings (SSSR count). The van der Waals surface area contributed by atoms with Gasteiger partial charge in [-0.3, -0.25) is 14.4 Å². The molecular weight excluding hydrogens is 432 g/mol. The van der Waals surface area contributed by atoms with Gasteiger partial charge in [0.1, 0.15) is 11.2 Å². The van der Waals surface area contributed by atoms with Crippen molar-refractivity contribution in [1.82, 2.24) is 0 Å². The van der Waals surface area contributed by atoms with Gasteiger partial charge < -0.3 is 28.8 Å². The number of aliphatic carboxylic acids is 1. The second kappa shape index (κ2) is 11.4. The molecule has 0 saturated heterocycles. The molecule has 0 unspecified atom stereocenters. The third-order valence-corrected chi connectivity index (χ3v) is 3.04. The molecule has 3 atom stereocenters. The summed E-state index contributed by atoms with van der Waals surface area (Å²) in [5.74, 6) is -7.58. The fourth-order valence-electron chi connectivity index (χ4n) is 2.12. The molecule has 0 aromatic carbocycles. The summed E-state index contributed by atoms with van der Waals surface area (Å²) in [6.07, 6.45) is -7.14. The molecule has 0 aliphatic rings. The summed E-state index contributed by atoms with van der Waals surface area (Å²) in [6.45, 7) is 11.1. The number of hydrogen-bond acceptors (Lipinski definition) is 11. The quantitative estimate of drug-likeness (QED) is 0.380. The molecule has 0 saturated carbocycles. The van der Waals surface area contributed by atoms with Gasteiger partial charge in [-0.2, -0.15) is 0 Å². The molecule has 0 aliphatic heterocycles. The van der Waals surface area contributed by atoms with Gasteiger partial charge in [0.05, 0.1) is 6.42 Å². The van der Waals surface area contributed by atoms with Gasteiger partial charge in [-0.25, -0.2) is 14.4 Å². The first kappa shape index (κ1) is 28.8. The number of esters is 5. The molecule has 0 radical (unpaired) electrons. The monoisotopic (exact) mass is 462 g/mol. The van der Waals surface area contributed by atoms with Gasteiger partial charge in [-0.15, -0.1) is 0 Å². The second-order valence-electron chi connectivity index (χ2n) is 8.65. The molecule has 182 valence electrons. The Bertz CT molecular complexity index is 741. The van der Waals surface area contributed by atoms with Crippen molar-refractivity contribution in [2.75, 3.05) is 0 Å². The van der Waals surface area contributed by atoms with Gasteiger partial charge in [0.2, 0.25) is 18.3 Å². The Morgan fingerprint density at radius 2 is 1.12 bits per heavy atom. The molecular formula is C20H30O12. The van der Waals surface area contributed by atoms with Gasteiger partial charge in [0, 0.05) is 13.8 Å². The van der Waals surface area contributed by atoms with Crippen LogP contribution in [0.2, 0.25) is 0 Å². The van der Waals surface area contributed by atoms with Gasteiger partial charge >= 0.3 is 35.8 Å². The number of carbonyl (C=O) groups excluding carboxylic acids is 5. The Balaban J connectivity index is 5.90. The van der Waals surface area contributed by atoms with Crippen molar-refractivity contribution < 1.29 is 57.6 Å². The fourth-order valence-corrected chi connectivity index (χ4v) is 2.12. The van der Waals surface area contributed by atoms with E-state index in [4.69, 9.17) is 14.2 Å². The average molecular weight is 462 g/mol. The Hall–Kier alpha value is -3.18. The molecule has 32 heavy (non-hydrogen) atoms. The van der Waals surface area contributed by atoms with E-state index in [0.29, 0.717) is 0 Å². The van der Waals surface area contributed by atoms with Crippen molar-refractivity contribution in [3.05, 3.63) is 0 Å². The highest BCUT2D eigenvalue weighted by Crippen LogP contribution is 2.17. The molecule has 1 N–H and O–H groups in total. The number of ether oxygens (including phenoxy) is 5. The van der Waals surface area contributed by atoms with E-state index in [0.717, 1.165) is 13.8 Å². The van der Waals surface area contributed by atoms with E-state index in [9.17, 15) is 33.9 Å². The van der Waals surface area contributed by atoms with Crippen LogP contribution >= 0.6 is 0 Å². The zero-order valence-corrected chi connectivity index (χ0v) is 19.4. The van der Waals surface area contributed by atoms with E-state index >= 15 is 0 Å². The van der Waals surface area contributed by atoms with Crippen molar-refractivity contribution in [2.45, 2.75) is 91.3 Å². The minimum atomic E-state index is -2.26. The van der Waals surface area contributed by atoms with E-state index in [2.05, 4.69) is 9.47 Å². The zero-order chi connectivity index (χ0) is 25.4. The van der Waals surface area contributed by atoms with E-state index < -0.39 is 71.8 Å². The van der Waals surface area contributed by atoms with Crippen LogP contribution in [0.5, 0.6) is 0 Å². The van der Waals surface area contributed by atoms with E-state index in [1.165, 1.54) is 20.8 Å². The maximum atomic E-state index is 12.6. The predicted molar refractivity (Wildman–Crippen MR) is 105 cm³/mol. The van der Waals surface area contributed by atoms with E-state index in [-0.39, 0.29) is 0 Å². The topological polar surface area (TPSA) is 169 Å². The molecule has 12 nitrogen and oxygen atoms in total. The Morgan fingerprint density at radius 1 is 0.688 bits per heavy atom. The van der Waals surface area contributed by atoms with Crippen LogP contribution in [0, 0.1) is 0 Å². The van der Waals surface area contributed by atoms with Crippen LogP contribution in [-0.2, 0) is 52.5 Å². The summed E-state index contributed by atoms with van der Waals surface area (Å²) in [5, 5.41) is 9.28. The Labute approximate surface area is 185 Å². The molecule has 0 aliphatic carbocycles. The molecule has 0 bridgehead atoms. The summed E-state index contributed by atoms with van der Waals surface area (Å²) in [7, 11) is 0. The molecule has 0 aromatic rings. The van der Waals surface area contributed by atoms with Gasteiger partial charge in [-0.1, -0.05) is 0 Å². The lowest BCUT2D eigenvalue weighted by Crippen LogP contribution is -2.48. The maximum Gasteiger partial charge on any atom is 0.352 e. The van der Waals surface area contributed by atoms with Crippen LogP contribution in [-0.4, -0.2) is 70.4 Å². The SMILES string of the molecule is CC(=O)O[C@@H](C(=O)O)[C@@H](OC(C)=O)C(=O)O[C@H](CC(=O)OC(C)(C)C)C(=O)OC(C)(C)C. The third-order valence-electron chi connectivity index (χ3n) is 3.04. The molecule has 0 heterocycles. The molecule has 0 amide bonds. The summed E-state index contributed by atoms with van der Waals surface area (Å²) in [5.41, 5.74) is -1.93. The molecule has 0 fully saturated rings. The van der Waals surface area contributed by atoms with Crippen LogP contribution in [0.15, 0.2) is 0 Å². The zero-order valence-electron chi connectivity index (χ0n) is 19.4. The van der Waals surface area contributed by atoms with Crippen molar-refractivity contribution in [3.8, 4) is 0 Å². The number of carboxylic acid groups (broad SMARTS) is 1.